The van der Waals surface area contributed by atoms with Crippen LogP contribution < -0.4 is 15.0 Å². The summed E-state index contributed by atoms with van der Waals surface area (Å²) in [5, 5.41) is 6.61. The smallest absolute Gasteiger partial charge is 0.318 e. The van der Waals surface area contributed by atoms with E-state index in [-0.39, 0.29) is 11.0 Å². The van der Waals surface area contributed by atoms with Crippen LogP contribution in [-0.4, -0.2) is 71.4 Å². The first kappa shape index (κ1) is 24.8. The summed E-state index contributed by atoms with van der Waals surface area (Å²) in [4.78, 5) is 15.2. The molecule has 6 aliphatic rings. The van der Waals surface area contributed by atoms with Gasteiger partial charge >= 0.3 is 6.01 Å². The van der Waals surface area contributed by atoms with Gasteiger partial charge in [-0.15, -0.1) is 0 Å². The number of alkyl halides is 1. The number of nitrogens with one attached hydrogen (secondary N) is 1. The van der Waals surface area contributed by atoms with E-state index < -0.39 is 6.17 Å². The van der Waals surface area contributed by atoms with Crippen molar-refractivity contribution in [2.45, 2.75) is 93.4 Å². The minimum absolute atomic E-state index is 0.0973. The maximum Gasteiger partial charge on any atom is 0.318 e. The van der Waals surface area contributed by atoms with Gasteiger partial charge in [-0.1, -0.05) is 36.4 Å². The van der Waals surface area contributed by atoms with Crippen LogP contribution in [0.4, 0.5) is 10.2 Å². The van der Waals surface area contributed by atoms with Gasteiger partial charge in [-0.25, -0.2) is 4.39 Å². The molecular formula is C34H40FN5O. The summed E-state index contributed by atoms with van der Waals surface area (Å²) in [5.74, 6) is 1.10. The number of ether oxygens (including phenoxy) is 1. The molecule has 0 amide bonds. The van der Waals surface area contributed by atoms with Crippen LogP contribution in [0.3, 0.4) is 0 Å². The van der Waals surface area contributed by atoms with E-state index in [1.165, 1.54) is 46.0 Å². The topological polar surface area (TPSA) is 53.5 Å². The average molecular weight is 554 g/mol. The Balaban J connectivity index is 1.10. The molecule has 1 N–H and O–H groups in total. The maximum atomic E-state index is 14.5. The Morgan fingerprint density at radius 3 is 2.68 bits per heavy atom. The lowest BCUT2D eigenvalue weighted by molar-refractivity contribution is 0.107. The van der Waals surface area contributed by atoms with E-state index in [0.29, 0.717) is 37.7 Å². The molecule has 2 aromatic carbocycles. The maximum absolute atomic E-state index is 14.5. The van der Waals surface area contributed by atoms with E-state index in [2.05, 4.69) is 51.5 Å². The first-order valence-electron chi connectivity index (χ1n) is 16.0. The standard InChI is InChI=1S/C34H40FN5O/c35-24-16-34(12-3-15-40(34)18-24)21-41-32-37-29-17-33(13-10-23-5-1-4-22-6-2-7-28(33)30(22)23)14-11-27(29)31(38-32)39-19-25-8-9-26(20-39)36-25/h1-2,4-7,24-26,36H,3,8-21H2/t24-,25-,26+,33?,34+/m1/s1. The molecule has 41 heavy (non-hydrogen) atoms. The molecule has 5 heterocycles. The Labute approximate surface area is 241 Å². The van der Waals surface area contributed by atoms with Crippen molar-refractivity contribution in [3.8, 4) is 6.01 Å². The zero-order valence-electron chi connectivity index (χ0n) is 23.9. The van der Waals surface area contributed by atoms with Gasteiger partial charge in [0.2, 0.25) is 0 Å². The minimum Gasteiger partial charge on any atom is -0.461 e. The first-order valence-corrected chi connectivity index (χ1v) is 16.0. The third kappa shape index (κ3) is 3.87. The minimum atomic E-state index is -0.757. The Kier molecular flexibility index (Phi) is 5.51. The number of rotatable bonds is 4. The molecule has 4 aliphatic heterocycles. The summed E-state index contributed by atoms with van der Waals surface area (Å²) in [6.07, 6.45) is 9.77. The van der Waals surface area contributed by atoms with E-state index in [1.54, 1.807) is 0 Å². The summed E-state index contributed by atoms with van der Waals surface area (Å²) in [6.45, 7) is 3.99. The van der Waals surface area contributed by atoms with E-state index in [1.807, 2.05) is 0 Å². The second-order valence-electron chi connectivity index (χ2n) is 13.9. The van der Waals surface area contributed by atoms with Crippen LogP contribution in [0.1, 0.15) is 67.3 Å². The van der Waals surface area contributed by atoms with Crippen LogP contribution in [0, 0.1) is 0 Å². The third-order valence-electron chi connectivity index (χ3n) is 11.6. The Hall–Kier alpha value is -2.77. The van der Waals surface area contributed by atoms with Crippen molar-refractivity contribution in [3.05, 3.63) is 58.8 Å². The molecule has 5 atom stereocenters. The molecule has 7 heteroatoms. The summed E-state index contributed by atoms with van der Waals surface area (Å²) in [7, 11) is 0. The Morgan fingerprint density at radius 1 is 0.976 bits per heavy atom. The molecule has 6 nitrogen and oxygen atoms in total. The fraction of sp³-hybridized carbons (Fsp3) is 0.588. The molecule has 1 unspecified atom stereocenters. The quantitative estimate of drug-likeness (QED) is 0.496. The van der Waals surface area contributed by atoms with Gasteiger partial charge in [-0.3, -0.25) is 4.90 Å². The van der Waals surface area contributed by atoms with Crippen molar-refractivity contribution < 1.29 is 9.13 Å². The molecule has 1 spiro atoms. The van der Waals surface area contributed by atoms with Crippen LogP contribution >= 0.6 is 0 Å². The zero-order valence-corrected chi connectivity index (χ0v) is 23.9. The van der Waals surface area contributed by atoms with Crippen molar-refractivity contribution in [3.63, 3.8) is 0 Å². The second-order valence-corrected chi connectivity index (χ2v) is 13.9. The van der Waals surface area contributed by atoms with Gasteiger partial charge in [0.25, 0.3) is 0 Å². The second kappa shape index (κ2) is 9.11. The van der Waals surface area contributed by atoms with Crippen molar-refractivity contribution >= 4 is 16.6 Å². The van der Waals surface area contributed by atoms with E-state index in [0.717, 1.165) is 70.4 Å². The van der Waals surface area contributed by atoms with Crippen LogP contribution in [0.5, 0.6) is 6.01 Å². The summed E-state index contributed by atoms with van der Waals surface area (Å²) < 4.78 is 21.0. The largest absolute Gasteiger partial charge is 0.461 e. The highest BCUT2D eigenvalue weighted by Crippen LogP contribution is 2.49. The third-order valence-corrected chi connectivity index (χ3v) is 11.6. The lowest BCUT2D eigenvalue weighted by Gasteiger charge is -2.43. The van der Waals surface area contributed by atoms with Crippen LogP contribution in [0.2, 0.25) is 0 Å². The molecule has 2 bridgehead atoms. The number of fused-ring (bicyclic) bond motifs is 5. The molecule has 3 aromatic rings. The van der Waals surface area contributed by atoms with Crippen molar-refractivity contribution in [1.29, 1.82) is 0 Å². The van der Waals surface area contributed by atoms with Crippen LogP contribution in [-0.2, 0) is 24.7 Å². The summed E-state index contributed by atoms with van der Waals surface area (Å²) in [5.41, 5.74) is 5.40. The number of aromatic nitrogens is 2. The number of hydrogen-bond donors (Lipinski definition) is 1. The Morgan fingerprint density at radius 2 is 1.80 bits per heavy atom. The summed E-state index contributed by atoms with van der Waals surface area (Å²) >= 11 is 0. The average Bonchev–Trinajstić information content (AvgIpc) is 3.64. The van der Waals surface area contributed by atoms with E-state index >= 15 is 0 Å². The number of piperazine rings is 1. The molecule has 2 aliphatic carbocycles. The van der Waals surface area contributed by atoms with E-state index in [9.17, 15) is 4.39 Å². The zero-order chi connectivity index (χ0) is 27.2. The van der Waals surface area contributed by atoms with Gasteiger partial charge in [0.1, 0.15) is 18.6 Å². The molecule has 214 valence electrons. The number of hydrogen-bond acceptors (Lipinski definition) is 6. The molecule has 0 radical (unpaired) electrons. The van der Waals surface area contributed by atoms with Crippen molar-refractivity contribution in [2.75, 3.05) is 37.7 Å². The fourth-order valence-electron chi connectivity index (χ4n) is 9.64. The number of anilines is 1. The lowest BCUT2D eigenvalue weighted by Crippen LogP contribution is -2.52. The highest BCUT2D eigenvalue weighted by molar-refractivity contribution is 5.90. The van der Waals surface area contributed by atoms with E-state index in [4.69, 9.17) is 14.7 Å². The number of benzene rings is 2. The number of halogens is 1. The van der Waals surface area contributed by atoms with Gasteiger partial charge in [0.15, 0.2) is 0 Å². The number of nitrogens with zero attached hydrogens (tertiary/aromatic N) is 4. The molecule has 4 saturated heterocycles. The van der Waals surface area contributed by atoms with Crippen molar-refractivity contribution in [2.24, 2.45) is 0 Å². The van der Waals surface area contributed by atoms with Crippen LogP contribution in [0.25, 0.3) is 10.8 Å². The molecule has 4 fully saturated rings. The molecular weight excluding hydrogens is 513 g/mol. The number of aryl methyl sites for hydroxylation is 1. The normalized spacial score (nSPS) is 33.9. The highest BCUT2D eigenvalue weighted by Gasteiger charge is 2.50. The fourth-order valence-corrected chi connectivity index (χ4v) is 9.64. The molecule has 1 aromatic heterocycles. The SMILES string of the molecule is F[C@H]1CN2CCC[C@@]2(COc2nc3c(c(N4C[C@H]5CC[C@@H](C4)N5)n2)CCC2(CCc4cccc5cccc2c45)C3)C1. The predicted molar refractivity (Wildman–Crippen MR) is 159 cm³/mol. The first-order chi connectivity index (χ1) is 20.1. The van der Waals surface area contributed by atoms with Crippen LogP contribution in [0.15, 0.2) is 36.4 Å². The predicted octanol–water partition coefficient (Wildman–Crippen LogP) is 4.90. The van der Waals surface area contributed by atoms with Gasteiger partial charge in [0, 0.05) is 55.5 Å². The monoisotopic (exact) mass is 553 g/mol. The highest BCUT2D eigenvalue weighted by atomic mass is 19.1. The van der Waals surface area contributed by atoms with Gasteiger partial charge in [-0.05, 0) is 79.8 Å². The lowest BCUT2D eigenvalue weighted by atomic mass is 9.62. The summed E-state index contributed by atoms with van der Waals surface area (Å²) in [6, 6.07) is 15.3. The Bertz CT molecular complexity index is 1510. The van der Waals surface area contributed by atoms with Gasteiger partial charge in [-0.2, -0.15) is 9.97 Å². The molecule has 0 saturated carbocycles. The van der Waals surface area contributed by atoms with Crippen molar-refractivity contribution in [1.82, 2.24) is 20.2 Å². The molecule has 9 rings (SSSR count). The van der Waals surface area contributed by atoms with Gasteiger partial charge in [0.05, 0.1) is 11.2 Å². The van der Waals surface area contributed by atoms with Gasteiger partial charge < -0.3 is 15.0 Å².